The molecule has 3 N–H and O–H groups in total. The second-order valence-electron chi connectivity index (χ2n) is 11.3. The van der Waals surface area contributed by atoms with Gasteiger partial charge in [-0.25, -0.2) is 0 Å². The topological polar surface area (TPSA) is 99.5 Å². The highest BCUT2D eigenvalue weighted by Crippen LogP contribution is 2.55. The molecule has 0 aromatic heterocycles. The molecule has 0 bridgehead atoms. The molecule has 0 fully saturated rings. The van der Waals surface area contributed by atoms with E-state index in [1.54, 1.807) is 13.2 Å². The van der Waals surface area contributed by atoms with Gasteiger partial charge in [0.15, 0.2) is 17.3 Å². The first-order valence-electron chi connectivity index (χ1n) is 13.8. The second-order valence-corrected chi connectivity index (χ2v) is 11.3. The summed E-state index contributed by atoms with van der Waals surface area (Å²) in [6.45, 7) is 2.46. The van der Waals surface area contributed by atoms with Crippen LogP contribution in [0.5, 0.6) is 11.5 Å². The van der Waals surface area contributed by atoms with Crippen LogP contribution in [0.2, 0.25) is 0 Å². The average Bonchev–Trinajstić information content (AvgIpc) is 3.36. The number of Topliss-reactive ketones (excluding diaryl/α,β-unsaturated/α-hetero) is 1. The summed E-state index contributed by atoms with van der Waals surface area (Å²) in [5.74, 6) is 1.75. The van der Waals surface area contributed by atoms with E-state index in [1.807, 2.05) is 18.2 Å². The summed E-state index contributed by atoms with van der Waals surface area (Å²) in [5, 5.41) is 29.5. The molecule has 0 amide bonds. The van der Waals surface area contributed by atoms with Crippen LogP contribution < -0.4 is 9.47 Å². The first-order valence-corrected chi connectivity index (χ1v) is 13.8. The largest absolute Gasteiger partial charge is 0.493 e. The van der Waals surface area contributed by atoms with Crippen LogP contribution >= 0.6 is 0 Å². The maximum atomic E-state index is 13.0. The summed E-state index contributed by atoms with van der Waals surface area (Å²) in [6, 6.07) is 7.83. The summed E-state index contributed by atoms with van der Waals surface area (Å²) in [4.78, 5) is 15.5. The molecule has 0 saturated carbocycles. The third-order valence-electron chi connectivity index (χ3n) is 9.18. The molecule has 7 nitrogen and oxygen atoms in total. The molecule has 0 saturated heterocycles. The Kier molecular flexibility index (Phi) is 6.80. The number of ketones is 1. The number of ether oxygens (including phenoxy) is 2. The molecule has 2 aromatic rings. The van der Waals surface area contributed by atoms with Crippen molar-refractivity contribution in [3.05, 3.63) is 69.8 Å². The average molecular weight is 520 g/mol. The minimum absolute atomic E-state index is 0.0176. The van der Waals surface area contributed by atoms with Crippen LogP contribution in [0.4, 0.5) is 0 Å². The smallest absolute Gasteiger partial charge is 0.166 e. The minimum Gasteiger partial charge on any atom is -0.493 e. The van der Waals surface area contributed by atoms with Crippen molar-refractivity contribution in [2.45, 2.75) is 75.9 Å². The molecular formula is C31H37NO6. The first kappa shape index (κ1) is 25.6. The first-order chi connectivity index (χ1) is 18.5. The normalized spacial score (nSPS) is 27.5. The van der Waals surface area contributed by atoms with Gasteiger partial charge in [-0.15, -0.1) is 0 Å². The summed E-state index contributed by atoms with van der Waals surface area (Å²) in [5.41, 5.74) is 5.34. The number of fused-ring (bicyclic) bond motifs is 1. The molecular weight excluding hydrogens is 482 g/mol. The lowest BCUT2D eigenvalue weighted by Crippen LogP contribution is -2.43. The molecule has 0 radical (unpaired) electrons. The molecule has 2 heterocycles. The maximum Gasteiger partial charge on any atom is 0.166 e. The van der Waals surface area contributed by atoms with Crippen molar-refractivity contribution in [1.82, 2.24) is 4.90 Å². The third-order valence-corrected chi connectivity index (χ3v) is 9.18. The lowest BCUT2D eigenvalue weighted by atomic mass is 9.69. The van der Waals surface area contributed by atoms with E-state index in [1.165, 1.54) is 11.1 Å². The van der Waals surface area contributed by atoms with Gasteiger partial charge >= 0.3 is 0 Å². The van der Waals surface area contributed by atoms with E-state index in [9.17, 15) is 20.1 Å². The van der Waals surface area contributed by atoms with Crippen LogP contribution in [-0.4, -0.2) is 58.4 Å². The Balaban J connectivity index is 1.11. The fraction of sp³-hybridized carbons (Fsp3) is 0.516. The number of unbranched alkanes of at least 4 members (excludes halogenated alkanes) is 1. The molecule has 2 aliphatic carbocycles. The zero-order valence-corrected chi connectivity index (χ0v) is 22.0. The quantitative estimate of drug-likeness (QED) is 0.363. The van der Waals surface area contributed by atoms with Gasteiger partial charge in [-0.1, -0.05) is 30.7 Å². The lowest BCUT2D eigenvalue weighted by molar-refractivity contribution is 0.0809. The van der Waals surface area contributed by atoms with Gasteiger partial charge in [0.1, 0.15) is 6.10 Å². The number of aliphatic hydroxyl groups is 3. The van der Waals surface area contributed by atoms with Crippen LogP contribution in [-0.2, 0) is 31.6 Å². The van der Waals surface area contributed by atoms with Gasteiger partial charge in [-0.3, -0.25) is 9.69 Å². The van der Waals surface area contributed by atoms with Gasteiger partial charge in [0.25, 0.3) is 0 Å². The van der Waals surface area contributed by atoms with Crippen LogP contribution in [0.1, 0.15) is 70.3 Å². The highest BCUT2D eigenvalue weighted by molar-refractivity contribution is 6.02. The predicted octanol–water partition coefficient (Wildman–Crippen LogP) is 3.43. The molecule has 2 aromatic carbocycles. The fourth-order valence-corrected chi connectivity index (χ4v) is 7.16. The van der Waals surface area contributed by atoms with Crippen LogP contribution in [0, 0.1) is 5.92 Å². The van der Waals surface area contributed by atoms with E-state index in [0.29, 0.717) is 23.1 Å². The maximum absolute atomic E-state index is 13.0. The highest BCUT2D eigenvalue weighted by Gasteiger charge is 2.52. The molecule has 1 unspecified atom stereocenters. The Bertz CT molecular complexity index is 1270. The second kappa shape index (κ2) is 10.1. The molecule has 38 heavy (non-hydrogen) atoms. The van der Waals surface area contributed by atoms with Crippen LogP contribution in [0.3, 0.4) is 0 Å². The van der Waals surface area contributed by atoms with E-state index in [4.69, 9.17) is 9.47 Å². The van der Waals surface area contributed by atoms with E-state index < -0.39 is 6.10 Å². The van der Waals surface area contributed by atoms with E-state index in [-0.39, 0.29) is 36.4 Å². The lowest BCUT2D eigenvalue weighted by Gasteiger charge is -2.36. The number of hydrogen-bond acceptors (Lipinski definition) is 7. The van der Waals surface area contributed by atoms with Crippen LogP contribution in [0.25, 0.3) is 0 Å². The Morgan fingerprint density at radius 3 is 2.74 bits per heavy atom. The number of aliphatic hydroxyl groups excluding tert-OH is 3. The van der Waals surface area contributed by atoms with Gasteiger partial charge in [-0.05, 0) is 73.2 Å². The number of methoxy groups -OCH3 is 1. The fourth-order valence-electron chi connectivity index (χ4n) is 7.16. The van der Waals surface area contributed by atoms with Gasteiger partial charge in [0.05, 0.1) is 31.8 Å². The summed E-state index contributed by atoms with van der Waals surface area (Å²) < 4.78 is 12.1. The van der Waals surface area contributed by atoms with Crippen molar-refractivity contribution in [2.75, 3.05) is 20.2 Å². The van der Waals surface area contributed by atoms with Crippen molar-refractivity contribution in [2.24, 2.45) is 5.92 Å². The number of carbonyl (C=O) groups is 1. The monoisotopic (exact) mass is 519 g/mol. The van der Waals surface area contributed by atoms with Gasteiger partial charge in [0.2, 0.25) is 0 Å². The van der Waals surface area contributed by atoms with Crippen molar-refractivity contribution in [3.63, 3.8) is 0 Å². The third kappa shape index (κ3) is 4.16. The molecule has 202 valence electrons. The minimum atomic E-state index is -0.483. The molecule has 2 aliphatic heterocycles. The van der Waals surface area contributed by atoms with Crippen molar-refractivity contribution >= 4 is 5.78 Å². The van der Waals surface area contributed by atoms with Crippen molar-refractivity contribution in [1.29, 1.82) is 0 Å². The van der Waals surface area contributed by atoms with Crippen molar-refractivity contribution in [3.8, 4) is 11.5 Å². The van der Waals surface area contributed by atoms with E-state index in [0.717, 1.165) is 68.8 Å². The summed E-state index contributed by atoms with van der Waals surface area (Å²) >= 11 is 0. The summed E-state index contributed by atoms with van der Waals surface area (Å²) in [7, 11) is 1.68. The van der Waals surface area contributed by atoms with Crippen molar-refractivity contribution < 1.29 is 29.6 Å². The van der Waals surface area contributed by atoms with Gasteiger partial charge < -0.3 is 24.8 Å². The predicted molar refractivity (Wildman–Crippen MR) is 142 cm³/mol. The van der Waals surface area contributed by atoms with Crippen LogP contribution in [0.15, 0.2) is 36.4 Å². The zero-order chi connectivity index (χ0) is 26.4. The molecule has 6 rings (SSSR count). The number of hydrogen-bond donors (Lipinski definition) is 3. The number of carbonyl (C=O) groups excluding carboxylic acids is 1. The van der Waals surface area contributed by atoms with E-state index >= 15 is 0 Å². The Morgan fingerprint density at radius 2 is 1.95 bits per heavy atom. The molecule has 1 spiro atoms. The SMILES string of the molecule is COc1ccc2c3c1O[C@H]1C[C@@H](O)C=C[C@@]31CCN(CCCCC1Cc3cc(CO)c(CO)cc3C1=O)C2. The summed E-state index contributed by atoms with van der Waals surface area (Å²) in [6.07, 6.45) is 8.63. The Morgan fingerprint density at radius 1 is 1.13 bits per heavy atom. The van der Waals surface area contributed by atoms with E-state index in [2.05, 4.69) is 17.0 Å². The highest BCUT2D eigenvalue weighted by atomic mass is 16.5. The van der Waals surface area contributed by atoms with Gasteiger partial charge in [0, 0.05) is 30.0 Å². The number of rotatable bonds is 8. The van der Waals surface area contributed by atoms with Gasteiger partial charge in [-0.2, -0.15) is 0 Å². The molecule has 4 aliphatic rings. The number of benzene rings is 2. The Labute approximate surface area is 223 Å². The standard InChI is InChI=1S/C31H37NO6/c1-37-26-6-5-20-16-32(11-9-31-8-7-24(35)15-27(31)38-30(26)28(20)31)10-3-2-4-19-12-21-13-22(17-33)23(18-34)14-25(21)29(19)36/h5-8,13-14,19,24,27,33-35H,2-4,9-12,15-18H2,1H3/t19?,24-,27-,31-/m0/s1. The Hall–Kier alpha value is -2.71. The zero-order valence-electron chi connectivity index (χ0n) is 22.0. The number of nitrogens with zero attached hydrogens (tertiary/aromatic N) is 1. The molecule has 7 heteroatoms. The molecule has 4 atom stereocenters.